The molecule has 1 N–H and O–H groups in total. The number of nitrogens with zero attached hydrogens (tertiary/aromatic N) is 4. The Morgan fingerprint density at radius 1 is 1.35 bits per heavy atom. The molecular weight excluding hydrogens is 298 g/mol. The molecular formula is C15H17N5O3. The Hall–Kier alpha value is -2.92. The second-order valence-electron chi connectivity index (χ2n) is 5.18. The van der Waals surface area contributed by atoms with Gasteiger partial charge in [-0.2, -0.15) is 5.26 Å². The number of hydrogen-bond donors (Lipinski definition) is 1. The van der Waals surface area contributed by atoms with E-state index in [-0.39, 0.29) is 22.9 Å². The van der Waals surface area contributed by atoms with Crippen molar-refractivity contribution in [2.45, 2.75) is 0 Å². The molecule has 2 rings (SSSR count). The van der Waals surface area contributed by atoms with Gasteiger partial charge in [-0.3, -0.25) is 14.9 Å². The van der Waals surface area contributed by atoms with Crippen molar-refractivity contribution < 1.29 is 9.72 Å². The van der Waals surface area contributed by atoms with E-state index in [1.54, 1.807) is 17.0 Å². The second kappa shape index (κ2) is 7.38. The number of piperazine rings is 1. The van der Waals surface area contributed by atoms with Crippen LogP contribution in [0.5, 0.6) is 0 Å². The Morgan fingerprint density at radius 2 is 2.00 bits per heavy atom. The number of likely N-dealkylation sites (N-methyl/N-ethyl adjacent to an activating group) is 1. The van der Waals surface area contributed by atoms with Crippen LogP contribution in [-0.4, -0.2) is 53.9 Å². The average molecular weight is 315 g/mol. The number of anilines is 1. The van der Waals surface area contributed by atoms with Crippen LogP contribution < -0.4 is 5.32 Å². The number of nitro groups is 1. The number of rotatable bonds is 4. The van der Waals surface area contributed by atoms with Crippen molar-refractivity contribution in [1.82, 2.24) is 9.80 Å². The minimum atomic E-state index is -0.523. The Kier molecular flexibility index (Phi) is 5.28. The molecule has 23 heavy (non-hydrogen) atoms. The van der Waals surface area contributed by atoms with E-state index in [1.807, 2.05) is 13.1 Å². The lowest BCUT2D eigenvalue weighted by atomic mass is 10.2. The van der Waals surface area contributed by atoms with Gasteiger partial charge in [-0.25, -0.2) is 0 Å². The van der Waals surface area contributed by atoms with Crippen LogP contribution in [0.3, 0.4) is 0 Å². The standard InChI is InChI=1S/C15H17N5O3/c1-18-6-8-19(9-7-18)15(21)12(10-16)11-17-13-4-2-3-5-14(13)20(22)23/h2-5,11,17H,6-9H2,1H3/b12-11-. The van der Waals surface area contributed by atoms with Gasteiger partial charge in [0.1, 0.15) is 17.3 Å². The maximum Gasteiger partial charge on any atom is 0.292 e. The van der Waals surface area contributed by atoms with Crippen molar-refractivity contribution in [2.24, 2.45) is 0 Å². The summed E-state index contributed by atoms with van der Waals surface area (Å²) in [6.07, 6.45) is 1.23. The molecule has 0 aliphatic carbocycles. The number of benzene rings is 1. The summed E-state index contributed by atoms with van der Waals surface area (Å²) in [6, 6.07) is 7.91. The van der Waals surface area contributed by atoms with Gasteiger partial charge in [0.15, 0.2) is 0 Å². The molecule has 0 unspecified atom stereocenters. The maximum atomic E-state index is 12.3. The van der Waals surface area contributed by atoms with Crippen LogP contribution in [0.25, 0.3) is 0 Å². The molecule has 1 heterocycles. The van der Waals surface area contributed by atoms with Crippen molar-refractivity contribution in [3.05, 3.63) is 46.2 Å². The summed E-state index contributed by atoms with van der Waals surface area (Å²) < 4.78 is 0. The molecule has 8 heteroatoms. The van der Waals surface area contributed by atoms with Gasteiger partial charge in [0.25, 0.3) is 11.6 Å². The normalized spacial score (nSPS) is 15.8. The Balaban J connectivity index is 2.12. The first-order valence-corrected chi connectivity index (χ1v) is 7.11. The predicted molar refractivity (Wildman–Crippen MR) is 84.5 cm³/mol. The van der Waals surface area contributed by atoms with Crippen molar-refractivity contribution in [2.75, 3.05) is 38.5 Å². The zero-order chi connectivity index (χ0) is 16.8. The number of nitro benzene ring substituents is 1. The third kappa shape index (κ3) is 4.05. The summed E-state index contributed by atoms with van der Waals surface area (Å²) in [4.78, 5) is 26.5. The van der Waals surface area contributed by atoms with E-state index in [0.29, 0.717) is 13.1 Å². The molecule has 0 bridgehead atoms. The summed E-state index contributed by atoms with van der Waals surface area (Å²) in [7, 11) is 1.97. The van der Waals surface area contributed by atoms with Crippen LogP contribution >= 0.6 is 0 Å². The Labute approximate surface area is 133 Å². The zero-order valence-electron chi connectivity index (χ0n) is 12.7. The van der Waals surface area contributed by atoms with E-state index in [9.17, 15) is 20.2 Å². The summed E-state index contributed by atoms with van der Waals surface area (Å²) in [6.45, 7) is 2.61. The third-order valence-electron chi connectivity index (χ3n) is 3.61. The summed E-state index contributed by atoms with van der Waals surface area (Å²) in [5.41, 5.74) is 0.0391. The fourth-order valence-corrected chi connectivity index (χ4v) is 2.23. The number of carbonyl (C=O) groups is 1. The van der Waals surface area contributed by atoms with Crippen molar-refractivity contribution in [1.29, 1.82) is 5.26 Å². The molecule has 1 amide bonds. The third-order valence-corrected chi connectivity index (χ3v) is 3.61. The van der Waals surface area contributed by atoms with Crippen LogP contribution in [0.1, 0.15) is 0 Å². The Bertz CT molecular complexity index is 672. The average Bonchev–Trinajstić information content (AvgIpc) is 2.56. The van der Waals surface area contributed by atoms with Gasteiger partial charge in [0.05, 0.1) is 4.92 Å². The zero-order valence-corrected chi connectivity index (χ0v) is 12.7. The molecule has 1 aliphatic heterocycles. The van der Waals surface area contributed by atoms with Crippen molar-refractivity contribution in [3.8, 4) is 6.07 Å². The van der Waals surface area contributed by atoms with Crippen molar-refractivity contribution in [3.63, 3.8) is 0 Å². The Morgan fingerprint density at radius 3 is 2.61 bits per heavy atom. The molecule has 1 saturated heterocycles. The van der Waals surface area contributed by atoms with Crippen LogP contribution in [0.2, 0.25) is 0 Å². The second-order valence-corrected chi connectivity index (χ2v) is 5.18. The molecule has 0 spiro atoms. The van der Waals surface area contributed by atoms with Gasteiger partial charge in [0, 0.05) is 38.4 Å². The summed E-state index contributed by atoms with van der Waals surface area (Å²) in [5, 5.41) is 22.8. The minimum Gasteiger partial charge on any atom is -0.355 e. The highest BCUT2D eigenvalue weighted by Crippen LogP contribution is 2.23. The highest BCUT2D eigenvalue weighted by atomic mass is 16.6. The van der Waals surface area contributed by atoms with Crippen LogP contribution in [-0.2, 0) is 4.79 Å². The van der Waals surface area contributed by atoms with Gasteiger partial charge in [0.2, 0.25) is 0 Å². The summed E-state index contributed by atoms with van der Waals surface area (Å²) >= 11 is 0. The lowest BCUT2D eigenvalue weighted by Crippen LogP contribution is -2.47. The first-order valence-electron chi connectivity index (χ1n) is 7.11. The topological polar surface area (TPSA) is 103 Å². The van der Waals surface area contributed by atoms with Gasteiger partial charge < -0.3 is 15.1 Å². The number of hydrogen-bond acceptors (Lipinski definition) is 6. The van der Waals surface area contributed by atoms with Crippen LogP contribution in [0.4, 0.5) is 11.4 Å². The molecule has 1 aliphatic rings. The first kappa shape index (κ1) is 16.5. The number of nitrogens with one attached hydrogen (secondary N) is 1. The SMILES string of the molecule is CN1CCN(C(=O)/C(C#N)=C\Nc2ccccc2[N+](=O)[O-])CC1. The highest BCUT2D eigenvalue weighted by Gasteiger charge is 2.22. The lowest BCUT2D eigenvalue weighted by Gasteiger charge is -2.32. The number of nitriles is 1. The predicted octanol–water partition coefficient (Wildman–Crippen LogP) is 1.19. The van der Waals surface area contributed by atoms with Gasteiger partial charge >= 0.3 is 0 Å². The van der Waals surface area contributed by atoms with Crippen LogP contribution in [0.15, 0.2) is 36.0 Å². The monoisotopic (exact) mass is 315 g/mol. The quantitative estimate of drug-likeness (QED) is 0.387. The molecule has 0 atom stereocenters. The van der Waals surface area contributed by atoms with Gasteiger partial charge in [-0.05, 0) is 13.1 Å². The van der Waals surface area contributed by atoms with E-state index in [1.165, 1.54) is 18.3 Å². The molecule has 0 aromatic heterocycles. The molecule has 8 nitrogen and oxygen atoms in total. The molecule has 120 valence electrons. The highest BCUT2D eigenvalue weighted by molar-refractivity contribution is 5.97. The fourth-order valence-electron chi connectivity index (χ4n) is 2.23. The first-order chi connectivity index (χ1) is 11.0. The van der Waals surface area contributed by atoms with Gasteiger partial charge in [-0.1, -0.05) is 12.1 Å². The maximum absolute atomic E-state index is 12.3. The van der Waals surface area contributed by atoms with E-state index < -0.39 is 4.92 Å². The van der Waals surface area contributed by atoms with E-state index in [0.717, 1.165) is 13.1 Å². The molecule has 0 saturated carbocycles. The minimum absolute atomic E-state index is 0.0762. The van der Waals surface area contributed by atoms with E-state index in [4.69, 9.17) is 0 Å². The van der Waals surface area contributed by atoms with Crippen LogP contribution in [0, 0.1) is 21.4 Å². The molecule has 0 radical (unpaired) electrons. The fraction of sp³-hybridized carbons (Fsp3) is 0.333. The van der Waals surface area contributed by atoms with Gasteiger partial charge in [-0.15, -0.1) is 0 Å². The summed E-state index contributed by atoms with van der Waals surface area (Å²) in [5.74, 6) is -0.369. The smallest absolute Gasteiger partial charge is 0.292 e. The van der Waals surface area contributed by atoms with Crippen molar-refractivity contribution >= 4 is 17.3 Å². The number of para-hydroxylation sites is 2. The van der Waals surface area contributed by atoms with E-state index >= 15 is 0 Å². The lowest BCUT2D eigenvalue weighted by molar-refractivity contribution is -0.383. The molecule has 1 aromatic rings. The largest absolute Gasteiger partial charge is 0.355 e. The van der Waals surface area contributed by atoms with E-state index in [2.05, 4.69) is 10.2 Å². The number of amides is 1. The molecule has 1 aromatic carbocycles. The molecule has 1 fully saturated rings. The number of carbonyl (C=O) groups excluding carboxylic acids is 1.